The fraction of sp³-hybridized carbons (Fsp3) is 0.250. The molecule has 0 saturated carbocycles. The van der Waals surface area contributed by atoms with Crippen LogP contribution in [-0.4, -0.2) is 35.2 Å². The van der Waals surface area contributed by atoms with Crippen LogP contribution in [0.3, 0.4) is 0 Å². The Morgan fingerprint density at radius 1 is 1.07 bits per heavy atom. The predicted octanol–water partition coefficient (Wildman–Crippen LogP) is 4.83. The smallest absolute Gasteiger partial charge is 0.378 e. The Labute approximate surface area is 170 Å². The zero-order valence-electron chi connectivity index (χ0n) is 16.0. The molecular weight excluding hydrogens is 401 g/mol. The predicted molar refractivity (Wildman–Crippen MR) is 109 cm³/mol. The molecule has 152 valence electrons. The second-order valence-corrected chi connectivity index (χ2v) is 7.89. The highest BCUT2D eigenvalue weighted by atomic mass is 32.2. The maximum atomic E-state index is 13.2. The van der Waals surface area contributed by atoms with E-state index in [0.717, 1.165) is 17.4 Å². The summed E-state index contributed by atoms with van der Waals surface area (Å²) in [6.45, 7) is 1.62. The molecule has 0 aliphatic rings. The first kappa shape index (κ1) is 20.9. The Morgan fingerprint density at radius 3 is 2.34 bits per heavy atom. The van der Waals surface area contributed by atoms with Crippen molar-refractivity contribution in [1.82, 2.24) is 9.97 Å². The van der Waals surface area contributed by atoms with Crippen molar-refractivity contribution in [3.63, 3.8) is 0 Å². The number of amides is 1. The summed E-state index contributed by atoms with van der Waals surface area (Å²) in [7, 11) is 3.82. The molecule has 5 nitrogen and oxygen atoms in total. The van der Waals surface area contributed by atoms with E-state index in [1.54, 1.807) is 37.3 Å². The maximum Gasteiger partial charge on any atom is 0.451 e. The average molecular weight is 420 g/mol. The van der Waals surface area contributed by atoms with Gasteiger partial charge in [-0.2, -0.15) is 13.2 Å². The van der Waals surface area contributed by atoms with Crippen molar-refractivity contribution < 1.29 is 18.0 Å². The lowest BCUT2D eigenvalue weighted by molar-refractivity contribution is -0.145. The van der Waals surface area contributed by atoms with Crippen LogP contribution in [0.4, 0.5) is 24.5 Å². The quantitative estimate of drug-likeness (QED) is 0.473. The van der Waals surface area contributed by atoms with Gasteiger partial charge < -0.3 is 10.2 Å². The SMILES string of the molecule is C[C@H](Sc1nc(C(F)(F)F)nc2ccccc12)C(=O)Nc1ccc(N(C)C)cc1. The van der Waals surface area contributed by atoms with Gasteiger partial charge in [-0.05, 0) is 37.3 Å². The summed E-state index contributed by atoms with van der Waals surface area (Å²) in [5.41, 5.74) is 1.78. The van der Waals surface area contributed by atoms with Gasteiger partial charge in [0.05, 0.1) is 10.8 Å². The molecule has 1 aromatic heterocycles. The largest absolute Gasteiger partial charge is 0.451 e. The average Bonchev–Trinajstić information content (AvgIpc) is 2.67. The lowest BCUT2D eigenvalue weighted by Crippen LogP contribution is -2.23. The lowest BCUT2D eigenvalue weighted by atomic mass is 10.2. The van der Waals surface area contributed by atoms with Crippen LogP contribution in [0.25, 0.3) is 10.9 Å². The van der Waals surface area contributed by atoms with E-state index in [-0.39, 0.29) is 16.4 Å². The molecule has 1 N–H and O–H groups in total. The zero-order valence-corrected chi connectivity index (χ0v) is 16.8. The van der Waals surface area contributed by atoms with Crippen molar-refractivity contribution in [2.24, 2.45) is 0 Å². The third-order valence-corrected chi connectivity index (χ3v) is 5.23. The number of fused-ring (bicyclic) bond motifs is 1. The summed E-state index contributed by atoms with van der Waals surface area (Å²) in [5.74, 6) is -1.55. The minimum Gasteiger partial charge on any atom is -0.378 e. The molecule has 0 bridgehead atoms. The number of hydrogen-bond acceptors (Lipinski definition) is 5. The van der Waals surface area contributed by atoms with Crippen LogP contribution in [0.5, 0.6) is 0 Å². The van der Waals surface area contributed by atoms with Gasteiger partial charge in [-0.3, -0.25) is 4.79 Å². The summed E-state index contributed by atoms with van der Waals surface area (Å²) in [6, 6.07) is 13.7. The number of aromatic nitrogens is 2. The van der Waals surface area contributed by atoms with Crippen LogP contribution in [0, 0.1) is 0 Å². The summed E-state index contributed by atoms with van der Waals surface area (Å²) in [5, 5.41) is 2.70. The molecule has 29 heavy (non-hydrogen) atoms. The molecule has 0 unspecified atom stereocenters. The lowest BCUT2D eigenvalue weighted by Gasteiger charge is -2.15. The maximum absolute atomic E-state index is 13.2. The van der Waals surface area contributed by atoms with Crippen LogP contribution in [-0.2, 0) is 11.0 Å². The molecule has 0 aliphatic carbocycles. The highest BCUT2D eigenvalue weighted by Gasteiger charge is 2.35. The Bertz CT molecular complexity index is 1020. The Balaban J connectivity index is 1.81. The number of halogens is 3. The van der Waals surface area contributed by atoms with Crippen LogP contribution >= 0.6 is 11.8 Å². The molecule has 0 saturated heterocycles. The van der Waals surface area contributed by atoms with Crippen LogP contribution in [0.15, 0.2) is 53.6 Å². The molecule has 1 amide bonds. The molecule has 3 aromatic rings. The van der Waals surface area contributed by atoms with E-state index in [2.05, 4.69) is 15.3 Å². The summed E-state index contributed by atoms with van der Waals surface area (Å²) in [4.78, 5) is 21.7. The second-order valence-electron chi connectivity index (χ2n) is 6.56. The van der Waals surface area contributed by atoms with Crippen LogP contribution in [0.2, 0.25) is 0 Å². The number of thioether (sulfide) groups is 1. The Kier molecular flexibility index (Phi) is 5.97. The standard InChI is InChI=1S/C20H19F3N4OS/c1-12(17(28)24-13-8-10-14(11-9-13)27(2)3)29-18-15-6-4-5-7-16(15)25-19(26-18)20(21,22)23/h4-12H,1-3H3,(H,24,28)/t12-/m0/s1. The van der Waals surface area contributed by atoms with Crippen molar-refractivity contribution in [3.05, 3.63) is 54.4 Å². The first-order valence-electron chi connectivity index (χ1n) is 8.74. The van der Waals surface area contributed by atoms with E-state index in [0.29, 0.717) is 11.1 Å². The molecule has 2 aromatic carbocycles. The Hall–Kier alpha value is -2.81. The first-order chi connectivity index (χ1) is 13.6. The molecule has 1 heterocycles. The number of anilines is 2. The number of rotatable bonds is 5. The highest BCUT2D eigenvalue weighted by molar-refractivity contribution is 8.00. The number of nitrogens with zero attached hydrogens (tertiary/aromatic N) is 3. The first-order valence-corrected chi connectivity index (χ1v) is 9.62. The topological polar surface area (TPSA) is 58.1 Å². The van der Waals surface area contributed by atoms with E-state index in [1.165, 1.54) is 6.07 Å². The van der Waals surface area contributed by atoms with Crippen molar-refractivity contribution in [1.29, 1.82) is 0 Å². The van der Waals surface area contributed by atoms with Crippen molar-refractivity contribution in [2.75, 3.05) is 24.3 Å². The minimum atomic E-state index is -4.67. The van der Waals surface area contributed by atoms with Gasteiger partial charge in [0.2, 0.25) is 11.7 Å². The number of carbonyl (C=O) groups excluding carboxylic acids is 1. The zero-order chi connectivity index (χ0) is 21.2. The summed E-state index contributed by atoms with van der Waals surface area (Å²) < 4.78 is 39.5. The molecule has 9 heteroatoms. The van der Waals surface area contributed by atoms with Gasteiger partial charge in [-0.1, -0.05) is 30.0 Å². The number of nitrogens with one attached hydrogen (secondary N) is 1. The second kappa shape index (κ2) is 8.28. The number of hydrogen-bond donors (Lipinski definition) is 1. The van der Waals surface area contributed by atoms with Crippen molar-refractivity contribution >= 4 is 39.9 Å². The number of benzene rings is 2. The molecule has 1 atom stereocenters. The highest BCUT2D eigenvalue weighted by Crippen LogP contribution is 2.33. The van der Waals surface area contributed by atoms with Gasteiger partial charge in [0.15, 0.2) is 0 Å². The van der Waals surface area contributed by atoms with Crippen LogP contribution in [0.1, 0.15) is 12.7 Å². The normalized spacial score (nSPS) is 12.6. The molecular formula is C20H19F3N4OS. The van der Waals surface area contributed by atoms with Gasteiger partial charge in [0.25, 0.3) is 0 Å². The number of alkyl halides is 3. The third kappa shape index (κ3) is 4.97. The van der Waals surface area contributed by atoms with Crippen molar-refractivity contribution in [3.8, 4) is 0 Å². The minimum absolute atomic E-state index is 0.119. The van der Waals surface area contributed by atoms with Gasteiger partial charge in [-0.25, -0.2) is 9.97 Å². The summed E-state index contributed by atoms with van der Waals surface area (Å²) >= 11 is 0.967. The number of carbonyl (C=O) groups is 1. The van der Waals surface area contributed by atoms with E-state index in [9.17, 15) is 18.0 Å². The van der Waals surface area contributed by atoms with E-state index in [1.807, 2.05) is 31.1 Å². The fourth-order valence-corrected chi connectivity index (χ4v) is 3.51. The van der Waals surface area contributed by atoms with E-state index in [4.69, 9.17) is 0 Å². The number of para-hydroxylation sites is 1. The van der Waals surface area contributed by atoms with Gasteiger partial charge in [0, 0.05) is 30.9 Å². The Morgan fingerprint density at radius 2 is 1.72 bits per heavy atom. The molecule has 0 spiro atoms. The molecule has 3 rings (SSSR count). The molecule has 0 fully saturated rings. The van der Waals surface area contributed by atoms with E-state index >= 15 is 0 Å². The fourth-order valence-electron chi connectivity index (χ4n) is 2.57. The molecule has 0 aliphatic heterocycles. The molecule has 0 radical (unpaired) electrons. The third-order valence-electron chi connectivity index (χ3n) is 4.13. The van der Waals surface area contributed by atoms with E-state index < -0.39 is 17.3 Å². The summed E-state index contributed by atoms with van der Waals surface area (Å²) in [6.07, 6.45) is -4.67. The van der Waals surface area contributed by atoms with Gasteiger partial charge in [-0.15, -0.1) is 0 Å². The monoisotopic (exact) mass is 420 g/mol. The van der Waals surface area contributed by atoms with Crippen LogP contribution < -0.4 is 10.2 Å². The van der Waals surface area contributed by atoms with Crippen molar-refractivity contribution in [2.45, 2.75) is 23.4 Å². The van der Waals surface area contributed by atoms with Gasteiger partial charge in [0.1, 0.15) is 5.03 Å². The van der Waals surface area contributed by atoms with Gasteiger partial charge >= 0.3 is 6.18 Å².